The highest BCUT2D eigenvalue weighted by atomic mass is 16.5. The Kier molecular flexibility index (Phi) is 5.56. The molecular formula is C20H25NO2. The lowest BCUT2D eigenvalue weighted by molar-refractivity contribution is -0.109. The molecule has 0 saturated heterocycles. The minimum absolute atomic E-state index is 0.153. The van der Waals surface area contributed by atoms with E-state index < -0.39 is 0 Å². The van der Waals surface area contributed by atoms with E-state index in [-0.39, 0.29) is 6.04 Å². The van der Waals surface area contributed by atoms with Crippen molar-refractivity contribution in [1.82, 2.24) is 5.32 Å². The summed E-state index contributed by atoms with van der Waals surface area (Å²) in [6.07, 6.45) is 1.64. The van der Waals surface area contributed by atoms with Crippen LogP contribution in [0.5, 0.6) is 11.5 Å². The molecule has 0 saturated carbocycles. The molecule has 1 atom stereocenters. The van der Waals surface area contributed by atoms with Crippen LogP contribution in [0, 0.1) is 27.7 Å². The molecule has 0 spiro atoms. The van der Waals surface area contributed by atoms with E-state index in [4.69, 9.17) is 4.74 Å². The van der Waals surface area contributed by atoms with Crippen LogP contribution in [0.2, 0.25) is 0 Å². The van der Waals surface area contributed by atoms with E-state index in [9.17, 15) is 4.79 Å². The molecule has 122 valence electrons. The molecule has 2 aromatic carbocycles. The number of aryl methyl sites for hydroxylation is 4. The van der Waals surface area contributed by atoms with Crippen molar-refractivity contribution < 1.29 is 9.53 Å². The molecule has 0 aliphatic heterocycles. The van der Waals surface area contributed by atoms with Crippen LogP contribution < -0.4 is 10.1 Å². The first kappa shape index (κ1) is 17.2. The maximum atomic E-state index is 11.0. The Morgan fingerprint density at radius 1 is 1.00 bits per heavy atom. The van der Waals surface area contributed by atoms with Crippen LogP contribution in [0.1, 0.15) is 27.8 Å². The molecule has 2 aromatic rings. The summed E-state index contributed by atoms with van der Waals surface area (Å²) >= 11 is 0. The van der Waals surface area contributed by atoms with Crippen molar-refractivity contribution in [3.05, 3.63) is 58.1 Å². The highest BCUT2D eigenvalue weighted by Gasteiger charge is 2.11. The fraction of sp³-hybridized carbons (Fsp3) is 0.350. The molecule has 0 aromatic heterocycles. The minimum Gasteiger partial charge on any atom is -0.457 e. The number of aldehydes is 1. The standard InChI is InChI=1S/C20H25NO2/c1-13-6-14(2)8-19(7-13)23-20-15(3)9-17(10-16(20)4)11-18(12-22)21-5/h6-10,12,18,21H,11H2,1-5H3. The second kappa shape index (κ2) is 7.42. The quantitative estimate of drug-likeness (QED) is 0.818. The average molecular weight is 311 g/mol. The lowest BCUT2D eigenvalue weighted by Crippen LogP contribution is -2.28. The normalized spacial score (nSPS) is 12.0. The van der Waals surface area contributed by atoms with Crippen LogP contribution in [-0.4, -0.2) is 19.4 Å². The number of rotatable bonds is 6. The number of nitrogens with one attached hydrogen (secondary N) is 1. The third kappa shape index (κ3) is 4.42. The van der Waals surface area contributed by atoms with Gasteiger partial charge in [0.15, 0.2) is 0 Å². The van der Waals surface area contributed by atoms with Gasteiger partial charge < -0.3 is 14.8 Å². The fourth-order valence-electron chi connectivity index (χ4n) is 2.90. The van der Waals surface area contributed by atoms with Crippen LogP contribution >= 0.6 is 0 Å². The maximum Gasteiger partial charge on any atom is 0.137 e. The largest absolute Gasteiger partial charge is 0.457 e. The second-order valence-corrected chi connectivity index (χ2v) is 6.22. The van der Waals surface area contributed by atoms with Crippen LogP contribution in [0.4, 0.5) is 0 Å². The zero-order valence-electron chi connectivity index (χ0n) is 14.6. The van der Waals surface area contributed by atoms with Crippen LogP contribution in [0.15, 0.2) is 30.3 Å². The highest BCUT2D eigenvalue weighted by Crippen LogP contribution is 2.31. The summed E-state index contributed by atoms with van der Waals surface area (Å²) in [6.45, 7) is 8.23. The number of ether oxygens (including phenoxy) is 1. The Morgan fingerprint density at radius 3 is 2.04 bits per heavy atom. The smallest absolute Gasteiger partial charge is 0.137 e. The lowest BCUT2D eigenvalue weighted by Gasteiger charge is -2.16. The van der Waals surface area contributed by atoms with Crippen molar-refractivity contribution in [2.45, 2.75) is 40.2 Å². The second-order valence-electron chi connectivity index (χ2n) is 6.22. The monoisotopic (exact) mass is 311 g/mol. The van der Waals surface area contributed by atoms with E-state index in [1.165, 1.54) is 11.1 Å². The van der Waals surface area contributed by atoms with Gasteiger partial charge in [-0.1, -0.05) is 18.2 Å². The van der Waals surface area contributed by atoms with Gasteiger partial charge in [-0.3, -0.25) is 0 Å². The van der Waals surface area contributed by atoms with Crippen molar-refractivity contribution in [1.29, 1.82) is 0 Å². The van der Waals surface area contributed by atoms with E-state index in [0.717, 1.165) is 34.5 Å². The summed E-state index contributed by atoms with van der Waals surface area (Å²) in [7, 11) is 1.80. The van der Waals surface area contributed by atoms with Gasteiger partial charge in [0.1, 0.15) is 17.8 Å². The predicted octanol–water partition coefficient (Wildman–Crippen LogP) is 4.04. The van der Waals surface area contributed by atoms with E-state index in [0.29, 0.717) is 6.42 Å². The number of carbonyl (C=O) groups is 1. The van der Waals surface area contributed by atoms with E-state index >= 15 is 0 Å². The zero-order valence-corrected chi connectivity index (χ0v) is 14.6. The molecule has 3 nitrogen and oxygen atoms in total. The average Bonchev–Trinajstić information content (AvgIpc) is 2.47. The predicted molar refractivity (Wildman–Crippen MR) is 94.5 cm³/mol. The van der Waals surface area contributed by atoms with Crippen molar-refractivity contribution in [3.8, 4) is 11.5 Å². The van der Waals surface area contributed by atoms with Gasteiger partial charge in [0.25, 0.3) is 0 Å². The maximum absolute atomic E-state index is 11.0. The summed E-state index contributed by atoms with van der Waals surface area (Å²) in [5.74, 6) is 1.76. The topological polar surface area (TPSA) is 38.3 Å². The number of hydrogen-bond donors (Lipinski definition) is 1. The Morgan fingerprint density at radius 2 is 1.57 bits per heavy atom. The van der Waals surface area contributed by atoms with Gasteiger partial charge in [-0.15, -0.1) is 0 Å². The Hall–Kier alpha value is -2.13. The minimum atomic E-state index is -0.153. The first-order valence-electron chi connectivity index (χ1n) is 7.91. The van der Waals surface area contributed by atoms with E-state index in [1.54, 1.807) is 7.05 Å². The van der Waals surface area contributed by atoms with E-state index in [2.05, 4.69) is 37.4 Å². The zero-order chi connectivity index (χ0) is 17.0. The Labute approximate surface area is 138 Å². The van der Waals surface area contributed by atoms with Gasteiger partial charge in [-0.05, 0) is 81.1 Å². The van der Waals surface area contributed by atoms with Gasteiger partial charge in [0.2, 0.25) is 0 Å². The molecule has 0 aliphatic rings. The Balaban J connectivity index is 2.28. The molecule has 1 N–H and O–H groups in total. The third-order valence-corrected chi connectivity index (χ3v) is 3.93. The molecule has 0 heterocycles. The molecule has 0 fully saturated rings. The fourth-order valence-corrected chi connectivity index (χ4v) is 2.90. The number of benzene rings is 2. The first-order chi connectivity index (χ1) is 10.9. The van der Waals surface area contributed by atoms with Crippen molar-refractivity contribution in [2.75, 3.05) is 7.05 Å². The van der Waals surface area contributed by atoms with Crippen LogP contribution in [-0.2, 0) is 11.2 Å². The molecule has 2 rings (SSSR count). The van der Waals surface area contributed by atoms with Gasteiger partial charge in [0, 0.05) is 0 Å². The number of carbonyl (C=O) groups excluding carboxylic acids is 1. The Bertz CT molecular complexity index is 664. The molecule has 23 heavy (non-hydrogen) atoms. The highest BCUT2D eigenvalue weighted by molar-refractivity contribution is 5.58. The van der Waals surface area contributed by atoms with Crippen LogP contribution in [0.25, 0.3) is 0 Å². The summed E-state index contributed by atoms with van der Waals surface area (Å²) in [5.41, 5.74) is 5.68. The lowest BCUT2D eigenvalue weighted by atomic mass is 10.0. The van der Waals surface area contributed by atoms with E-state index in [1.807, 2.05) is 26.0 Å². The summed E-state index contributed by atoms with van der Waals surface area (Å²) < 4.78 is 6.13. The van der Waals surface area contributed by atoms with Crippen molar-refractivity contribution in [2.24, 2.45) is 0 Å². The molecule has 0 aliphatic carbocycles. The third-order valence-electron chi connectivity index (χ3n) is 3.93. The number of hydrogen-bond acceptors (Lipinski definition) is 3. The molecule has 3 heteroatoms. The molecular weight excluding hydrogens is 286 g/mol. The summed E-state index contributed by atoms with van der Waals surface area (Å²) in [6, 6.07) is 10.3. The van der Waals surface area contributed by atoms with Crippen molar-refractivity contribution in [3.63, 3.8) is 0 Å². The summed E-state index contributed by atoms with van der Waals surface area (Å²) in [4.78, 5) is 11.0. The molecule has 0 radical (unpaired) electrons. The first-order valence-corrected chi connectivity index (χ1v) is 7.91. The SMILES string of the molecule is CNC(C=O)Cc1cc(C)c(Oc2cc(C)cc(C)c2)c(C)c1. The summed E-state index contributed by atoms with van der Waals surface area (Å²) in [5, 5.41) is 3.01. The van der Waals surface area contributed by atoms with Crippen molar-refractivity contribution >= 4 is 6.29 Å². The molecule has 0 amide bonds. The van der Waals surface area contributed by atoms with Gasteiger partial charge in [0.05, 0.1) is 6.04 Å². The molecule has 0 bridgehead atoms. The number of likely N-dealkylation sites (N-methyl/N-ethyl adjacent to an activating group) is 1. The molecule has 1 unspecified atom stereocenters. The van der Waals surface area contributed by atoms with Gasteiger partial charge >= 0.3 is 0 Å². The van der Waals surface area contributed by atoms with Gasteiger partial charge in [-0.25, -0.2) is 0 Å². The van der Waals surface area contributed by atoms with Crippen LogP contribution in [0.3, 0.4) is 0 Å². The van der Waals surface area contributed by atoms with Gasteiger partial charge in [-0.2, -0.15) is 0 Å².